The Morgan fingerprint density at radius 1 is 1.09 bits per heavy atom. The van der Waals surface area contributed by atoms with Crippen molar-refractivity contribution >= 4 is 46.4 Å². The first kappa shape index (κ1) is 19.4. The fourth-order valence-corrected chi connectivity index (χ4v) is 6.33. The zero-order chi connectivity index (χ0) is 22.4. The second kappa shape index (κ2) is 6.36. The Morgan fingerprint density at radius 2 is 1.84 bits per heavy atom. The van der Waals surface area contributed by atoms with Gasteiger partial charge in [-0.3, -0.25) is 29.4 Å². The Labute approximate surface area is 187 Å². The van der Waals surface area contributed by atoms with Crippen LogP contribution in [0.5, 0.6) is 0 Å². The third-order valence-electron chi connectivity index (χ3n) is 7.27. The van der Waals surface area contributed by atoms with Crippen LogP contribution in [0.4, 0.5) is 17.1 Å². The lowest BCUT2D eigenvalue weighted by molar-refractivity contribution is -0.384. The first-order valence-electron chi connectivity index (χ1n) is 10.4. The lowest BCUT2D eigenvalue weighted by atomic mass is 9.75. The van der Waals surface area contributed by atoms with Crippen LogP contribution in [0, 0.1) is 22.0 Å². The molecule has 4 atom stereocenters. The Balaban J connectivity index is 1.51. The summed E-state index contributed by atoms with van der Waals surface area (Å²) >= 11 is 6.27. The number of halogens is 1. The number of nitro groups is 1. The third-order valence-corrected chi connectivity index (χ3v) is 7.51. The van der Waals surface area contributed by atoms with Crippen molar-refractivity contribution in [1.82, 2.24) is 4.90 Å². The molecule has 4 aliphatic heterocycles. The number of carbonyl (C=O) groups excluding carboxylic acids is 3. The summed E-state index contributed by atoms with van der Waals surface area (Å²) in [7, 11) is 0. The molecule has 0 radical (unpaired) electrons. The van der Waals surface area contributed by atoms with Crippen LogP contribution < -0.4 is 10.2 Å². The molecule has 0 aliphatic carbocycles. The molecule has 3 fully saturated rings. The summed E-state index contributed by atoms with van der Waals surface area (Å²) < 4.78 is 0. The van der Waals surface area contributed by atoms with E-state index >= 15 is 0 Å². The highest BCUT2D eigenvalue weighted by Crippen LogP contribution is 2.60. The van der Waals surface area contributed by atoms with Gasteiger partial charge in [0, 0.05) is 34.4 Å². The van der Waals surface area contributed by atoms with Crippen LogP contribution in [0.3, 0.4) is 0 Å². The van der Waals surface area contributed by atoms with Gasteiger partial charge in [-0.25, -0.2) is 4.90 Å². The van der Waals surface area contributed by atoms with E-state index in [0.717, 1.165) is 11.3 Å². The molecule has 32 heavy (non-hydrogen) atoms. The molecule has 1 N–H and O–H groups in total. The minimum Gasteiger partial charge on any atom is -0.324 e. The molecule has 0 aromatic heterocycles. The van der Waals surface area contributed by atoms with Gasteiger partial charge in [0.1, 0.15) is 5.54 Å². The molecule has 10 heteroatoms. The third kappa shape index (κ3) is 2.19. The van der Waals surface area contributed by atoms with Crippen LogP contribution in [0.15, 0.2) is 42.5 Å². The molecule has 0 bridgehead atoms. The summed E-state index contributed by atoms with van der Waals surface area (Å²) in [5.74, 6) is -2.72. The number of carbonyl (C=O) groups is 3. The second-order valence-electron chi connectivity index (χ2n) is 8.60. The molecule has 0 saturated carbocycles. The number of hydrogen-bond acceptors (Lipinski definition) is 6. The zero-order valence-electron chi connectivity index (χ0n) is 16.7. The molecule has 2 aromatic rings. The molecule has 0 unspecified atom stereocenters. The Kier molecular flexibility index (Phi) is 3.86. The number of imide groups is 1. The SMILES string of the molecule is O=C1[C@@H]2[C@@H]3CCCN3[C@]3(C(=O)Nc4ccc(Cl)cc43)[C@H]2C(=O)N1c1ccc([N+](=O)[O-])cc1. The number of benzene rings is 2. The quantitative estimate of drug-likeness (QED) is 0.426. The van der Waals surface area contributed by atoms with Crippen LogP contribution in [0.25, 0.3) is 0 Å². The number of nitrogens with zero attached hydrogens (tertiary/aromatic N) is 3. The minimum atomic E-state index is -1.30. The number of anilines is 2. The average molecular weight is 453 g/mol. The minimum absolute atomic E-state index is 0.134. The number of rotatable bonds is 2. The Morgan fingerprint density at radius 3 is 2.56 bits per heavy atom. The zero-order valence-corrected chi connectivity index (χ0v) is 17.4. The van der Waals surface area contributed by atoms with Crippen LogP contribution >= 0.6 is 11.6 Å². The van der Waals surface area contributed by atoms with Gasteiger partial charge >= 0.3 is 0 Å². The maximum Gasteiger partial charge on any atom is 0.269 e. The van der Waals surface area contributed by atoms with Crippen LogP contribution in [0.2, 0.25) is 5.02 Å². The van der Waals surface area contributed by atoms with Crippen molar-refractivity contribution in [3.8, 4) is 0 Å². The summed E-state index contributed by atoms with van der Waals surface area (Å²) in [4.78, 5) is 54.4. The van der Waals surface area contributed by atoms with E-state index in [1.165, 1.54) is 24.3 Å². The normalized spacial score (nSPS) is 30.6. The fourth-order valence-electron chi connectivity index (χ4n) is 6.15. The summed E-state index contributed by atoms with van der Waals surface area (Å²) in [5, 5.41) is 14.3. The van der Waals surface area contributed by atoms with E-state index in [-0.39, 0.29) is 29.2 Å². The van der Waals surface area contributed by atoms with Crippen LogP contribution in [-0.2, 0) is 19.9 Å². The number of fused-ring (bicyclic) bond motifs is 7. The van der Waals surface area contributed by atoms with E-state index in [2.05, 4.69) is 5.32 Å². The predicted octanol–water partition coefficient (Wildman–Crippen LogP) is 2.68. The molecule has 162 valence electrons. The molecular formula is C22H17ClN4O5. The lowest BCUT2D eigenvalue weighted by Gasteiger charge is -2.36. The van der Waals surface area contributed by atoms with Crippen molar-refractivity contribution in [2.75, 3.05) is 16.8 Å². The molecule has 3 amide bonds. The Bertz CT molecular complexity index is 1230. The van der Waals surface area contributed by atoms with Crippen molar-refractivity contribution in [2.24, 2.45) is 11.8 Å². The van der Waals surface area contributed by atoms with Crippen molar-refractivity contribution in [1.29, 1.82) is 0 Å². The Hall–Kier alpha value is -3.30. The summed E-state index contributed by atoms with van der Waals surface area (Å²) in [6.45, 7) is 0.606. The molecule has 4 heterocycles. The summed E-state index contributed by atoms with van der Waals surface area (Å²) in [5.41, 5.74) is 0.0596. The molecule has 4 aliphatic rings. The molecule has 1 spiro atoms. The van der Waals surface area contributed by atoms with Crippen molar-refractivity contribution in [3.63, 3.8) is 0 Å². The number of amides is 3. The summed E-state index contributed by atoms with van der Waals surface area (Å²) in [6, 6.07) is 10.2. The van der Waals surface area contributed by atoms with Gasteiger partial charge in [0.2, 0.25) is 17.7 Å². The number of nitro benzene ring substituents is 1. The van der Waals surface area contributed by atoms with Gasteiger partial charge < -0.3 is 5.32 Å². The van der Waals surface area contributed by atoms with Crippen molar-refractivity contribution in [3.05, 3.63) is 63.2 Å². The maximum absolute atomic E-state index is 13.8. The molecule has 6 rings (SSSR count). The standard InChI is InChI=1S/C22H17ClN4O5/c23-11-3-8-15-14(10-11)22(21(30)24-15)18-17(16-2-1-9-25(16)22)19(28)26(20(18)29)12-4-6-13(7-5-12)27(31)32/h3-8,10,16-18H,1-2,9H2,(H,24,30)/t16-,17+,18+,22-/m0/s1. The highest BCUT2D eigenvalue weighted by atomic mass is 35.5. The fraction of sp³-hybridized carbons (Fsp3) is 0.318. The second-order valence-corrected chi connectivity index (χ2v) is 9.04. The lowest BCUT2D eigenvalue weighted by Crippen LogP contribution is -2.54. The van der Waals surface area contributed by atoms with Crippen LogP contribution in [0.1, 0.15) is 18.4 Å². The van der Waals surface area contributed by atoms with Gasteiger partial charge in [-0.05, 0) is 49.7 Å². The van der Waals surface area contributed by atoms with E-state index in [0.29, 0.717) is 29.2 Å². The van der Waals surface area contributed by atoms with E-state index in [9.17, 15) is 24.5 Å². The van der Waals surface area contributed by atoms with Gasteiger partial charge in [0.15, 0.2) is 0 Å². The highest BCUT2D eigenvalue weighted by molar-refractivity contribution is 6.31. The van der Waals surface area contributed by atoms with E-state index in [4.69, 9.17) is 11.6 Å². The van der Waals surface area contributed by atoms with Gasteiger partial charge in [0.05, 0.1) is 22.4 Å². The first-order valence-corrected chi connectivity index (χ1v) is 10.7. The number of non-ortho nitro benzene ring substituents is 1. The topological polar surface area (TPSA) is 113 Å². The van der Waals surface area contributed by atoms with E-state index < -0.39 is 28.2 Å². The smallest absolute Gasteiger partial charge is 0.269 e. The van der Waals surface area contributed by atoms with Crippen LogP contribution in [-0.4, -0.2) is 40.1 Å². The van der Waals surface area contributed by atoms with Gasteiger partial charge in [0.25, 0.3) is 5.69 Å². The number of nitrogens with one attached hydrogen (secondary N) is 1. The van der Waals surface area contributed by atoms with Gasteiger partial charge in [-0.1, -0.05) is 11.6 Å². The van der Waals surface area contributed by atoms with Crippen molar-refractivity contribution in [2.45, 2.75) is 24.4 Å². The highest BCUT2D eigenvalue weighted by Gasteiger charge is 2.74. The van der Waals surface area contributed by atoms with E-state index in [1.807, 2.05) is 4.90 Å². The molecule has 3 saturated heterocycles. The molecular weight excluding hydrogens is 436 g/mol. The molecule has 9 nitrogen and oxygen atoms in total. The maximum atomic E-state index is 13.8. The van der Waals surface area contributed by atoms with Gasteiger partial charge in [-0.2, -0.15) is 0 Å². The van der Waals surface area contributed by atoms with Crippen molar-refractivity contribution < 1.29 is 19.3 Å². The average Bonchev–Trinajstić information content (AvgIpc) is 3.47. The summed E-state index contributed by atoms with van der Waals surface area (Å²) in [6.07, 6.45) is 1.52. The van der Waals surface area contributed by atoms with E-state index in [1.54, 1.807) is 18.2 Å². The van der Waals surface area contributed by atoms with Gasteiger partial charge in [-0.15, -0.1) is 0 Å². The predicted molar refractivity (Wildman–Crippen MR) is 114 cm³/mol. The first-order chi connectivity index (χ1) is 15.4. The number of hydrogen-bond donors (Lipinski definition) is 1. The molecule has 2 aromatic carbocycles. The monoisotopic (exact) mass is 452 g/mol. The largest absolute Gasteiger partial charge is 0.324 e.